The number of benzene rings is 1. The van der Waals surface area contributed by atoms with Crippen LogP contribution < -0.4 is 0 Å². The lowest BCUT2D eigenvalue weighted by Crippen LogP contribution is -1.91. The van der Waals surface area contributed by atoms with Gasteiger partial charge in [0, 0.05) is 6.92 Å². The van der Waals surface area contributed by atoms with E-state index in [1.54, 1.807) is 12.5 Å². The fourth-order valence-corrected chi connectivity index (χ4v) is 1.60. The van der Waals surface area contributed by atoms with Crippen LogP contribution in [0.15, 0.2) is 59.4 Å². The average molecular weight is 258 g/mol. The second-order valence-electron chi connectivity index (χ2n) is 3.95. The van der Waals surface area contributed by atoms with Gasteiger partial charge in [-0.3, -0.25) is 4.79 Å². The SMILES string of the molecule is C1=Cc2ccccc2CC1.CC(=O)O.c1ccoc1. The average Bonchev–Trinajstić information content (AvgIpc) is 2.97. The first-order valence-electron chi connectivity index (χ1n) is 6.11. The van der Waals surface area contributed by atoms with Gasteiger partial charge < -0.3 is 9.52 Å². The zero-order chi connectivity index (χ0) is 13.9. The Morgan fingerprint density at radius 2 is 1.79 bits per heavy atom. The lowest BCUT2D eigenvalue weighted by Gasteiger charge is -2.07. The van der Waals surface area contributed by atoms with E-state index < -0.39 is 5.97 Å². The van der Waals surface area contributed by atoms with Gasteiger partial charge in [-0.15, -0.1) is 0 Å². The number of allylic oxidation sites excluding steroid dienone is 1. The number of rotatable bonds is 0. The van der Waals surface area contributed by atoms with Gasteiger partial charge >= 0.3 is 0 Å². The van der Waals surface area contributed by atoms with Crippen molar-refractivity contribution in [1.82, 2.24) is 0 Å². The maximum atomic E-state index is 9.00. The Kier molecular flexibility index (Phi) is 6.80. The van der Waals surface area contributed by atoms with Gasteiger partial charge in [-0.2, -0.15) is 0 Å². The van der Waals surface area contributed by atoms with Crippen LogP contribution in [-0.4, -0.2) is 11.1 Å². The summed E-state index contributed by atoms with van der Waals surface area (Å²) in [4.78, 5) is 9.00. The maximum absolute atomic E-state index is 9.00. The molecule has 3 heteroatoms. The second-order valence-corrected chi connectivity index (χ2v) is 3.95. The Balaban J connectivity index is 0.000000169. The molecule has 1 aliphatic carbocycles. The Morgan fingerprint density at radius 1 is 1.16 bits per heavy atom. The van der Waals surface area contributed by atoms with Crippen molar-refractivity contribution in [3.63, 3.8) is 0 Å². The lowest BCUT2D eigenvalue weighted by atomic mass is 9.98. The van der Waals surface area contributed by atoms with E-state index in [1.807, 2.05) is 12.1 Å². The van der Waals surface area contributed by atoms with Crippen molar-refractivity contribution in [1.29, 1.82) is 0 Å². The fraction of sp³-hybridized carbons (Fsp3) is 0.188. The van der Waals surface area contributed by atoms with Gasteiger partial charge in [0.15, 0.2) is 0 Å². The summed E-state index contributed by atoms with van der Waals surface area (Å²) in [6.45, 7) is 1.08. The summed E-state index contributed by atoms with van der Waals surface area (Å²) < 4.78 is 4.58. The summed E-state index contributed by atoms with van der Waals surface area (Å²) in [7, 11) is 0. The summed E-state index contributed by atoms with van der Waals surface area (Å²) in [5.74, 6) is -0.833. The van der Waals surface area contributed by atoms with Crippen molar-refractivity contribution >= 4 is 12.0 Å². The van der Waals surface area contributed by atoms with Crippen LogP contribution in [-0.2, 0) is 11.2 Å². The molecule has 0 aliphatic heterocycles. The number of carboxylic acids is 1. The minimum absolute atomic E-state index is 0.833. The van der Waals surface area contributed by atoms with Crippen LogP contribution in [0.4, 0.5) is 0 Å². The number of furan rings is 1. The zero-order valence-corrected chi connectivity index (χ0v) is 11.0. The molecule has 1 N–H and O–H groups in total. The van der Waals surface area contributed by atoms with E-state index in [0.29, 0.717) is 0 Å². The molecule has 2 aromatic rings. The molecule has 0 saturated heterocycles. The third kappa shape index (κ3) is 6.88. The van der Waals surface area contributed by atoms with Crippen molar-refractivity contribution in [3.05, 3.63) is 66.1 Å². The molecular formula is C16H18O3. The molecule has 0 spiro atoms. The maximum Gasteiger partial charge on any atom is 0.300 e. The molecule has 0 bridgehead atoms. The predicted molar refractivity (Wildman–Crippen MR) is 75.8 cm³/mol. The second kappa shape index (κ2) is 8.75. The van der Waals surface area contributed by atoms with Crippen LogP contribution in [0.2, 0.25) is 0 Å². The van der Waals surface area contributed by atoms with Gasteiger partial charge in [-0.25, -0.2) is 0 Å². The summed E-state index contributed by atoms with van der Waals surface area (Å²) in [5, 5.41) is 7.42. The number of hydrogen-bond acceptors (Lipinski definition) is 2. The minimum atomic E-state index is -0.833. The van der Waals surface area contributed by atoms with E-state index in [0.717, 1.165) is 6.92 Å². The molecular weight excluding hydrogens is 240 g/mol. The highest BCUT2D eigenvalue weighted by molar-refractivity contribution is 5.63. The van der Waals surface area contributed by atoms with Crippen LogP contribution >= 0.6 is 0 Å². The largest absolute Gasteiger partial charge is 0.481 e. The van der Waals surface area contributed by atoms with Crippen LogP contribution in [0.25, 0.3) is 6.08 Å². The van der Waals surface area contributed by atoms with Gasteiger partial charge in [-0.1, -0.05) is 36.4 Å². The smallest absolute Gasteiger partial charge is 0.300 e. The molecule has 3 rings (SSSR count). The number of hydrogen-bond donors (Lipinski definition) is 1. The quantitative estimate of drug-likeness (QED) is 0.776. The molecule has 0 unspecified atom stereocenters. The molecule has 19 heavy (non-hydrogen) atoms. The van der Waals surface area contributed by atoms with Gasteiger partial charge in [0.05, 0.1) is 12.5 Å². The Hall–Kier alpha value is -2.29. The summed E-state index contributed by atoms with van der Waals surface area (Å²) in [6, 6.07) is 12.2. The molecule has 0 atom stereocenters. The van der Waals surface area contributed by atoms with Crippen LogP contribution in [0, 0.1) is 0 Å². The molecule has 0 fully saturated rings. The first-order chi connectivity index (χ1) is 9.20. The van der Waals surface area contributed by atoms with Gasteiger partial charge in [0.25, 0.3) is 5.97 Å². The van der Waals surface area contributed by atoms with Gasteiger partial charge in [-0.05, 0) is 36.1 Å². The molecule has 0 radical (unpaired) electrons. The summed E-state index contributed by atoms with van der Waals surface area (Å²) in [5.41, 5.74) is 2.89. The van der Waals surface area contributed by atoms with Crippen LogP contribution in [0.3, 0.4) is 0 Å². The zero-order valence-electron chi connectivity index (χ0n) is 11.0. The van der Waals surface area contributed by atoms with E-state index in [2.05, 4.69) is 40.8 Å². The number of carbonyl (C=O) groups is 1. The Morgan fingerprint density at radius 3 is 2.32 bits per heavy atom. The number of fused-ring (bicyclic) bond motifs is 1. The number of carboxylic acid groups (broad SMARTS) is 1. The predicted octanol–water partition coefficient (Wildman–Crippen LogP) is 4.02. The van der Waals surface area contributed by atoms with Crippen LogP contribution in [0.1, 0.15) is 24.5 Å². The van der Waals surface area contributed by atoms with E-state index in [-0.39, 0.29) is 0 Å². The molecule has 0 saturated carbocycles. The van der Waals surface area contributed by atoms with Gasteiger partial charge in [0.2, 0.25) is 0 Å². The first kappa shape index (κ1) is 14.8. The number of aryl methyl sites for hydroxylation is 1. The Labute approximate surface area is 113 Å². The monoisotopic (exact) mass is 258 g/mol. The van der Waals surface area contributed by atoms with E-state index in [9.17, 15) is 0 Å². The highest BCUT2D eigenvalue weighted by atomic mass is 16.4. The Bertz CT molecular complexity index is 477. The highest BCUT2D eigenvalue weighted by Gasteiger charge is 2.00. The van der Waals surface area contributed by atoms with Crippen molar-refractivity contribution in [2.24, 2.45) is 0 Å². The third-order valence-corrected chi connectivity index (χ3v) is 2.36. The molecule has 0 amide bonds. The fourth-order valence-electron chi connectivity index (χ4n) is 1.60. The standard InChI is InChI=1S/C10H10.C4H4O.C2H4O2/c1-2-6-10-8-4-3-7-9(10)5-1;1-2-4-5-3-1;1-2(3)4/h1-3,5-7H,4,8H2;1-4H;1H3,(H,3,4). The highest BCUT2D eigenvalue weighted by Crippen LogP contribution is 2.17. The molecule has 1 aromatic heterocycles. The summed E-state index contributed by atoms with van der Waals surface area (Å²) >= 11 is 0. The summed E-state index contributed by atoms with van der Waals surface area (Å²) in [6.07, 6.45) is 10.1. The van der Waals surface area contributed by atoms with Crippen molar-refractivity contribution in [3.8, 4) is 0 Å². The normalized spacial score (nSPS) is 11.2. The van der Waals surface area contributed by atoms with E-state index in [1.165, 1.54) is 24.0 Å². The lowest BCUT2D eigenvalue weighted by molar-refractivity contribution is -0.134. The topological polar surface area (TPSA) is 50.4 Å². The van der Waals surface area contributed by atoms with Crippen LogP contribution in [0.5, 0.6) is 0 Å². The molecule has 3 nitrogen and oxygen atoms in total. The van der Waals surface area contributed by atoms with Crippen molar-refractivity contribution < 1.29 is 14.3 Å². The molecule has 100 valence electrons. The minimum Gasteiger partial charge on any atom is -0.481 e. The molecule has 1 aromatic carbocycles. The molecule has 1 heterocycles. The molecule has 1 aliphatic rings. The first-order valence-corrected chi connectivity index (χ1v) is 6.11. The van der Waals surface area contributed by atoms with Crippen molar-refractivity contribution in [2.75, 3.05) is 0 Å². The van der Waals surface area contributed by atoms with E-state index in [4.69, 9.17) is 9.90 Å². The van der Waals surface area contributed by atoms with E-state index >= 15 is 0 Å². The van der Waals surface area contributed by atoms with Crippen molar-refractivity contribution in [2.45, 2.75) is 19.8 Å². The van der Waals surface area contributed by atoms with Gasteiger partial charge in [0.1, 0.15) is 0 Å². The third-order valence-electron chi connectivity index (χ3n) is 2.36. The number of aliphatic carboxylic acids is 1.